The van der Waals surface area contributed by atoms with Crippen molar-refractivity contribution in [3.05, 3.63) is 64.0 Å². The van der Waals surface area contributed by atoms with E-state index >= 15 is 0 Å². The van der Waals surface area contributed by atoms with E-state index in [1.165, 1.54) is 0 Å². The van der Waals surface area contributed by atoms with Crippen LogP contribution in [0.4, 0.5) is 5.69 Å². The number of hydrogen-bond donors (Lipinski definition) is 1. The van der Waals surface area contributed by atoms with Crippen molar-refractivity contribution in [2.75, 3.05) is 18.4 Å². The van der Waals surface area contributed by atoms with Gasteiger partial charge in [0, 0.05) is 21.6 Å². The van der Waals surface area contributed by atoms with Crippen molar-refractivity contribution in [1.82, 2.24) is 15.0 Å². The molecule has 0 spiro atoms. The normalized spacial score (nSPS) is 15.3. The minimum Gasteiger partial charge on any atom is -0.338 e. The summed E-state index contributed by atoms with van der Waals surface area (Å²) in [4.78, 5) is 19.5. The molecule has 0 bridgehead atoms. The highest BCUT2D eigenvalue weighted by atomic mass is 79.9. The third-order valence-electron chi connectivity index (χ3n) is 5.60. The fourth-order valence-corrected chi connectivity index (χ4v) is 4.01. The van der Waals surface area contributed by atoms with Crippen LogP contribution in [-0.4, -0.2) is 34.0 Å². The van der Waals surface area contributed by atoms with Gasteiger partial charge in [0.05, 0.1) is 6.54 Å². The van der Waals surface area contributed by atoms with E-state index in [2.05, 4.69) is 36.3 Å². The van der Waals surface area contributed by atoms with Crippen LogP contribution in [0.5, 0.6) is 0 Å². The first-order chi connectivity index (χ1) is 14.5. The van der Waals surface area contributed by atoms with Gasteiger partial charge in [0.25, 0.3) is 0 Å². The highest BCUT2D eigenvalue weighted by Gasteiger charge is 2.26. The Morgan fingerprint density at radius 3 is 2.67 bits per heavy atom. The molecule has 30 heavy (non-hydrogen) atoms. The number of likely N-dealkylation sites (tertiary alicyclic amines) is 1. The largest absolute Gasteiger partial charge is 0.338 e. The van der Waals surface area contributed by atoms with Crippen molar-refractivity contribution in [3.63, 3.8) is 0 Å². The molecule has 0 saturated carbocycles. The summed E-state index contributed by atoms with van der Waals surface area (Å²) < 4.78 is 6.51. The van der Waals surface area contributed by atoms with Crippen LogP contribution >= 0.6 is 15.9 Å². The van der Waals surface area contributed by atoms with Gasteiger partial charge in [-0.25, -0.2) is 0 Å². The summed E-state index contributed by atoms with van der Waals surface area (Å²) >= 11 is 3.49. The smallest absolute Gasteiger partial charge is 0.241 e. The number of halogens is 1. The van der Waals surface area contributed by atoms with E-state index in [9.17, 15) is 4.79 Å². The number of hydrogen-bond acceptors (Lipinski definition) is 5. The van der Waals surface area contributed by atoms with Crippen LogP contribution in [0.2, 0.25) is 0 Å². The van der Waals surface area contributed by atoms with Crippen molar-refractivity contribution < 1.29 is 9.32 Å². The number of carbonyl (C=O) groups excluding carboxylic acids is 1. The summed E-state index contributed by atoms with van der Waals surface area (Å²) in [5.41, 5.74) is 4.06. The molecule has 0 atom stereocenters. The maximum absolute atomic E-state index is 12.6. The Balaban J connectivity index is 1.30. The van der Waals surface area contributed by atoms with Crippen LogP contribution in [0.1, 0.15) is 29.9 Å². The molecule has 1 aromatic heterocycles. The lowest BCUT2D eigenvalue weighted by atomic mass is 9.96. The molecule has 1 amide bonds. The maximum atomic E-state index is 12.6. The van der Waals surface area contributed by atoms with Gasteiger partial charge in [0.1, 0.15) is 0 Å². The third-order valence-corrected chi connectivity index (χ3v) is 6.49. The van der Waals surface area contributed by atoms with Crippen LogP contribution in [0.3, 0.4) is 0 Å². The van der Waals surface area contributed by atoms with E-state index in [0.29, 0.717) is 18.3 Å². The second-order valence-electron chi connectivity index (χ2n) is 7.83. The van der Waals surface area contributed by atoms with E-state index in [0.717, 1.165) is 52.8 Å². The summed E-state index contributed by atoms with van der Waals surface area (Å²) in [6, 6.07) is 13.9. The van der Waals surface area contributed by atoms with Crippen LogP contribution in [0.15, 0.2) is 51.5 Å². The van der Waals surface area contributed by atoms with E-state index < -0.39 is 0 Å². The van der Waals surface area contributed by atoms with Crippen molar-refractivity contribution in [2.24, 2.45) is 5.92 Å². The van der Waals surface area contributed by atoms with Gasteiger partial charge in [0.15, 0.2) is 0 Å². The van der Waals surface area contributed by atoms with E-state index in [1.807, 2.05) is 56.3 Å². The van der Waals surface area contributed by atoms with Gasteiger partial charge in [-0.05, 0) is 69.1 Å². The Morgan fingerprint density at radius 1 is 1.17 bits per heavy atom. The molecule has 2 heterocycles. The molecule has 4 rings (SSSR count). The highest BCUT2D eigenvalue weighted by Crippen LogP contribution is 2.24. The molecule has 2 aromatic carbocycles. The zero-order chi connectivity index (χ0) is 21.1. The second-order valence-corrected chi connectivity index (χ2v) is 8.68. The van der Waals surface area contributed by atoms with Crippen molar-refractivity contribution in [3.8, 4) is 11.4 Å². The first-order valence-corrected chi connectivity index (χ1v) is 11.0. The second kappa shape index (κ2) is 9.10. The highest BCUT2D eigenvalue weighted by molar-refractivity contribution is 9.10. The van der Waals surface area contributed by atoms with Gasteiger partial charge in [-0.1, -0.05) is 45.4 Å². The number of aryl methyl sites for hydroxylation is 2. The van der Waals surface area contributed by atoms with E-state index in [4.69, 9.17) is 4.52 Å². The van der Waals surface area contributed by atoms with Crippen LogP contribution < -0.4 is 5.32 Å². The van der Waals surface area contributed by atoms with Crippen molar-refractivity contribution >= 4 is 27.5 Å². The summed E-state index contributed by atoms with van der Waals surface area (Å²) in [5, 5.41) is 7.19. The molecule has 0 radical (unpaired) electrons. The zero-order valence-corrected chi connectivity index (χ0v) is 18.8. The Labute approximate surface area is 184 Å². The van der Waals surface area contributed by atoms with Crippen molar-refractivity contribution in [2.45, 2.75) is 33.2 Å². The first kappa shape index (κ1) is 20.8. The van der Waals surface area contributed by atoms with Crippen LogP contribution in [0, 0.1) is 19.8 Å². The number of nitrogens with one attached hydrogen (secondary N) is 1. The standard InChI is InChI=1S/C23H25BrN4O2/c1-15-5-3-4-6-19(15)22-26-21(30-27-22)14-28-11-9-17(10-12-28)23(29)25-18-7-8-20(24)16(2)13-18/h3-8,13,17H,9-12,14H2,1-2H3,(H,25,29). The molecule has 1 N–H and O–H groups in total. The van der Waals surface area contributed by atoms with Gasteiger partial charge < -0.3 is 9.84 Å². The summed E-state index contributed by atoms with van der Waals surface area (Å²) in [5.74, 6) is 1.36. The minimum atomic E-state index is 0.0235. The molecule has 1 aliphatic rings. The first-order valence-electron chi connectivity index (χ1n) is 10.2. The molecule has 0 aliphatic carbocycles. The molecule has 7 heteroatoms. The fourth-order valence-electron chi connectivity index (χ4n) is 3.76. The molecule has 1 saturated heterocycles. The van der Waals surface area contributed by atoms with Crippen LogP contribution in [0.25, 0.3) is 11.4 Å². The topological polar surface area (TPSA) is 71.3 Å². The molecular formula is C23H25BrN4O2. The van der Waals surface area contributed by atoms with Crippen LogP contribution in [-0.2, 0) is 11.3 Å². The lowest BCUT2D eigenvalue weighted by molar-refractivity contribution is -0.121. The van der Waals surface area contributed by atoms with Gasteiger partial charge in [0.2, 0.25) is 17.6 Å². The minimum absolute atomic E-state index is 0.0235. The predicted octanol–water partition coefficient (Wildman–Crippen LogP) is 4.97. The van der Waals surface area contributed by atoms with Gasteiger partial charge in [-0.15, -0.1) is 0 Å². The third kappa shape index (κ3) is 4.79. The Kier molecular flexibility index (Phi) is 6.29. The van der Waals surface area contributed by atoms with Gasteiger partial charge in [-0.2, -0.15) is 4.98 Å². The Morgan fingerprint density at radius 2 is 1.93 bits per heavy atom. The monoisotopic (exact) mass is 468 g/mol. The molecular weight excluding hydrogens is 444 g/mol. The van der Waals surface area contributed by atoms with Crippen molar-refractivity contribution in [1.29, 1.82) is 0 Å². The lowest BCUT2D eigenvalue weighted by Crippen LogP contribution is -2.37. The van der Waals surface area contributed by atoms with E-state index in [1.54, 1.807) is 0 Å². The predicted molar refractivity (Wildman–Crippen MR) is 120 cm³/mol. The molecule has 156 valence electrons. The number of benzene rings is 2. The number of rotatable bonds is 5. The Hall–Kier alpha value is -2.51. The number of carbonyl (C=O) groups is 1. The number of piperidine rings is 1. The number of amides is 1. The quantitative estimate of drug-likeness (QED) is 0.572. The Bertz CT molecular complexity index is 1040. The van der Waals surface area contributed by atoms with E-state index in [-0.39, 0.29) is 11.8 Å². The van der Waals surface area contributed by atoms with Gasteiger partial charge in [-0.3, -0.25) is 9.69 Å². The summed E-state index contributed by atoms with van der Waals surface area (Å²) in [6.45, 7) is 6.33. The number of anilines is 1. The molecule has 1 aliphatic heterocycles. The molecule has 6 nitrogen and oxygen atoms in total. The SMILES string of the molecule is Cc1cc(NC(=O)C2CCN(Cc3nc(-c4ccccc4C)no3)CC2)ccc1Br. The fraction of sp³-hybridized carbons (Fsp3) is 0.348. The zero-order valence-electron chi connectivity index (χ0n) is 17.2. The summed E-state index contributed by atoms with van der Waals surface area (Å²) in [6.07, 6.45) is 1.64. The number of nitrogens with zero attached hydrogens (tertiary/aromatic N) is 3. The molecule has 3 aromatic rings. The van der Waals surface area contributed by atoms with Gasteiger partial charge >= 0.3 is 0 Å². The molecule has 1 fully saturated rings. The summed E-state index contributed by atoms with van der Waals surface area (Å²) in [7, 11) is 0. The average Bonchev–Trinajstić information content (AvgIpc) is 3.20. The lowest BCUT2D eigenvalue weighted by Gasteiger charge is -2.30. The maximum Gasteiger partial charge on any atom is 0.241 e. The molecule has 0 unspecified atom stereocenters. The number of aromatic nitrogens is 2. The average molecular weight is 469 g/mol.